The predicted molar refractivity (Wildman–Crippen MR) is 143 cm³/mol. The first-order valence-electron chi connectivity index (χ1n) is 12.7. The van der Waals surface area contributed by atoms with Crippen molar-refractivity contribution in [3.05, 3.63) is 93.0 Å². The SMILES string of the molecule is CC(C)n1c(=O)c(CCC(=O)[C@@H]2CCCN2S(=O)(=O)c2cc3ccccc3o2)cn(-c2ccc(F)cc2)c1=O. The molecule has 3 heterocycles. The molecule has 0 amide bonds. The quantitative estimate of drug-likeness (QED) is 0.328. The van der Waals surface area contributed by atoms with Crippen LogP contribution in [0, 0.1) is 5.82 Å². The van der Waals surface area contributed by atoms with Gasteiger partial charge in [-0.25, -0.2) is 17.6 Å². The zero-order valence-electron chi connectivity index (χ0n) is 21.5. The van der Waals surface area contributed by atoms with Crippen molar-refractivity contribution in [3.63, 3.8) is 0 Å². The second-order valence-corrected chi connectivity index (χ2v) is 11.7. The Labute approximate surface area is 224 Å². The molecule has 9 nitrogen and oxygen atoms in total. The van der Waals surface area contributed by atoms with Gasteiger partial charge in [0.2, 0.25) is 5.09 Å². The molecule has 1 aliphatic rings. The summed E-state index contributed by atoms with van der Waals surface area (Å²) in [5, 5.41) is 0.436. The molecule has 0 bridgehead atoms. The standard InChI is InChI=1S/C28H28FN3O6S/c1-18(2)32-27(34)20(17-30(28(32)35)22-12-10-21(29)11-13-22)9-14-24(33)23-7-5-15-31(23)39(36,37)26-16-19-6-3-4-8-25(19)38-26/h3-4,6,8,10-13,16-18,23H,5,7,9,14-15H2,1-2H3/t23-/m0/s1. The van der Waals surface area contributed by atoms with Crippen LogP contribution in [0.4, 0.5) is 4.39 Å². The number of hydrogen-bond donors (Lipinski definition) is 0. The van der Waals surface area contributed by atoms with Gasteiger partial charge in [0.15, 0.2) is 5.78 Å². The molecule has 11 heteroatoms. The highest BCUT2D eigenvalue weighted by molar-refractivity contribution is 7.89. The van der Waals surface area contributed by atoms with Crippen LogP contribution < -0.4 is 11.2 Å². The summed E-state index contributed by atoms with van der Waals surface area (Å²) in [6.07, 6.45) is 2.18. The van der Waals surface area contributed by atoms with Gasteiger partial charge in [0, 0.05) is 42.2 Å². The lowest BCUT2D eigenvalue weighted by atomic mass is 10.0. The number of aromatic nitrogens is 2. The summed E-state index contributed by atoms with van der Waals surface area (Å²) in [6, 6.07) is 12.4. The lowest BCUT2D eigenvalue weighted by Crippen LogP contribution is -2.42. The van der Waals surface area contributed by atoms with Gasteiger partial charge < -0.3 is 4.42 Å². The first-order chi connectivity index (χ1) is 18.6. The van der Waals surface area contributed by atoms with Gasteiger partial charge in [-0.2, -0.15) is 4.31 Å². The van der Waals surface area contributed by atoms with Crippen molar-refractivity contribution in [3.8, 4) is 5.69 Å². The summed E-state index contributed by atoms with van der Waals surface area (Å²) < 4.78 is 49.4. The Morgan fingerprint density at radius 1 is 1.10 bits per heavy atom. The van der Waals surface area contributed by atoms with E-state index in [1.807, 2.05) is 0 Å². The van der Waals surface area contributed by atoms with Gasteiger partial charge in [0.1, 0.15) is 11.4 Å². The molecule has 1 fully saturated rings. The molecular formula is C28H28FN3O6S. The molecule has 2 aromatic carbocycles. The molecule has 1 atom stereocenters. The Kier molecular flexibility index (Phi) is 7.13. The van der Waals surface area contributed by atoms with E-state index in [0.29, 0.717) is 29.5 Å². The number of hydrogen-bond acceptors (Lipinski definition) is 6. The van der Waals surface area contributed by atoms with E-state index in [-0.39, 0.29) is 35.8 Å². The predicted octanol–water partition coefficient (Wildman–Crippen LogP) is 3.82. The number of para-hydroxylation sites is 1. The van der Waals surface area contributed by atoms with Crippen LogP contribution in [0.5, 0.6) is 0 Å². The van der Waals surface area contributed by atoms with Crippen LogP contribution in [0.2, 0.25) is 0 Å². The van der Waals surface area contributed by atoms with Gasteiger partial charge in [-0.3, -0.25) is 18.7 Å². The van der Waals surface area contributed by atoms with E-state index in [1.54, 1.807) is 38.1 Å². The maximum absolute atomic E-state index is 13.5. The van der Waals surface area contributed by atoms with E-state index in [2.05, 4.69) is 0 Å². The molecule has 39 heavy (non-hydrogen) atoms. The van der Waals surface area contributed by atoms with Gasteiger partial charge in [-0.05, 0) is 63.4 Å². The number of halogens is 1. The molecule has 0 saturated carbocycles. The average molecular weight is 554 g/mol. The van der Waals surface area contributed by atoms with Gasteiger partial charge >= 0.3 is 5.69 Å². The second kappa shape index (κ2) is 10.4. The summed E-state index contributed by atoms with van der Waals surface area (Å²) in [5.41, 5.74) is -0.0429. The highest BCUT2D eigenvalue weighted by Gasteiger charge is 2.40. The fourth-order valence-corrected chi connectivity index (χ4v) is 6.64. The summed E-state index contributed by atoms with van der Waals surface area (Å²) in [5.74, 6) is -0.782. The van der Waals surface area contributed by atoms with Gasteiger partial charge in [0.25, 0.3) is 15.6 Å². The molecule has 0 unspecified atom stereocenters. The van der Waals surface area contributed by atoms with Crippen LogP contribution in [-0.4, -0.2) is 40.2 Å². The first kappa shape index (κ1) is 26.8. The van der Waals surface area contributed by atoms with Gasteiger partial charge in [-0.1, -0.05) is 18.2 Å². The Balaban J connectivity index is 1.41. The number of aryl methyl sites for hydroxylation is 1. The van der Waals surface area contributed by atoms with Crippen LogP contribution in [0.3, 0.4) is 0 Å². The first-order valence-corrected chi connectivity index (χ1v) is 14.2. The highest BCUT2D eigenvalue weighted by atomic mass is 32.2. The Morgan fingerprint density at radius 3 is 2.51 bits per heavy atom. The second-order valence-electron chi connectivity index (χ2n) is 9.90. The van der Waals surface area contributed by atoms with Crippen LogP contribution in [-0.2, 0) is 21.2 Å². The monoisotopic (exact) mass is 553 g/mol. The fraction of sp³-hybridized carbons (Fsp3) is 0.321. The van der Waals surface area contributed by atoms with Crippen molar-refractivity contribution in [2.24, 2.45) is 0 Å². The molecule has 1 aliphatic heterocycles. The maximum atomic E-state index is 13.5. The number of rotatable bonds is 8. The van der Waals surface area contributed by atoms with E-state index < -0.39 is 39.2 Å². The number of furan rings is 1. The molecule has 2 aromatic heterocycles. The number of sulfonamides is 1. The van der Waals surface area contributed by atoms with Crippen molar-refractivity contribution in [2.45, 2.75) is 56.7 Å². The van der Waals surface area contributed by atoms with Crippen molar-refractivity contribution >= 4 is 26.8 Å². The molecule has 204 valence electrons. The van der Waals surface area contributed by atoms with E-state index >= 15 is 0 Å². The van der Waals surface area contributed by atoms with E-state index in [4.69, 9.17) is 4.42 Å². The number of carbonyl (C=O) groups excluding carboxylic acids is 1. The van der Waals surface area contributed by atoms with Gasteiger partial charge in [0.05, 0.1) is 11.7 Å². The Hall–Kier alpha value is -3.83. The fourth-order valence-electron chi connectivity index (χ4n) is 5.01. The minimum absolute atomic E-state index is 0.0148. The van der Waals surface area contributed by atoms with Crippen LogP contribution in [0.15, 0.2) is 79.9 Å². The third-order valence-electron chi connectivity index (χ3n) is 6.99. The number of nitrogens with zero attached hydrogens (tertiary/aromatic N) is 3. The smallest absolute Gasteiger partial charge is 0.335 e. The maximum Gasteiger partial charge on any atom is 0.335 e. The van der Waals surface area contributed by atoms with Crippen LogP contribution in [0.1, 0.15) is 44.7 Å². The minimum atomic E-state index is -4.05. The summed E-state index contributed by atoms with van der Waals surface area (Å²) in [7, 11) is -4.05. The summed E-state index contributed by atoms with van der Waals surface area (Å²) >= 11 is 0. The van der Waals surface area contributed by atoms with E-state index in [0.717, 1.165) is 4.57 Å². The zero-order chi connectivity index (χ0) is 27.9. The average Bonchev–Trinajstić information content (AvgIpc) is 3.57. The number of fused-ring (bicyclic) bond motifs is 1. The Morgan fingerprint density at radius 2 is 1.82 bits per heavy atom. The van der Waals surface area contributed by atoms with Crippen molar-refractivity contribution in [1.29, 1.82) is 0 Å². The topological polar surface area (TPSA) is 112 Å². The molecule has 0 radical (unpaired) electrons. The lowest BCUT2D eigenvalue weighted by Gasteiger charge is -2.22. The molecule has 0 aliphatic carbocycles. The number of Topliss-reactive ketones (excluding diaryl/α,β-unsaturated/α-hetero) is 1. The lowest BCUT2D eigenvalue weighted by molar-refractivity contribution is -0.122. The molecule has 1 saturated heterocycles. The zero-order valence-corrected chi connectivity index (χ0v) is 22.4. The highest BCUT2D eigenvalue weighted by Crippen LogP contribution is 2.31. The minimum Gasteiger partial charge on any atom is -0.443 e. The van der Waals surface area contributed by atoms with Crippen LogP contribution >= 0.6 is 0 Å². The van der Waals surface area contributed by atoms with Crippen molar-refractivity contribution in [2.75, 3.05) is 6.54 Å². The molecule has 0 spiro atoms. The van der Waals surface area contributed by atoms with E-state index in [9.17, 15) is 27.2 Å². The summed E-state index contributed by atoms with van der Waals surface area (Å²) in [4.78, 5) is 39.5. The molecule has 4 aromatic rings. The van der Waals surface area contributed by atoms with Gasteiger partial charge in [-0.15, -0.1) is 0 Å². The third-order valence-corrected chi connectivity index (χ3v) is 8.76. The number of benzene rings is 2. The van der Waals surface area contributed by atoms with Crippen molar-refractivity contribution in [1.82, 2.24) is 13.4 Å². The number of carbonyl (C=O) groups is 1. The normalized spacial score (nSPS) is 16.4. The molecule has 5 rings (SSSR count). The van der Waals surface area contributed by atoms with Crippen LogP contribution in [0.25, 0.3) is 16.7 Å². The number of ketones is 1. The van der Waals surface area contributed by atoms with Crippen molar-refractivity contribution < 1.29 is 22.0 Å². The Bertz CT molecular complexity index is 1740. The molecular weight excluding hydrogens is 525 g/mol. The molecule has 0 N–H and O–H groups in total. The largest absolute Gasteiger partial charge is 0.443 e. The van der Waals surface area contributed by atoms with E-state index in [1.165, 1.54) is 45.4 Å². The third kappa shape index (κ3) is 4.99. The summed E-state index contributed by atoms with van der Waals surface area (Å²) in [6.45, 7) is 3.59.